The number of anilines is 10. The summed E-state index contributed by atoms with van der Waals surface area (Å²) >= 11 is 0. The van der Waals surface area contributed by atoms with Crippen LogP contribution in [0.5, 0.6) is 0 Å². The standard InChI is InChI=1S/C50H75N15O10/c1-61-21-6-11-51-32-37(47(72)42(32)67)57-17-27-63(3)23-8-13-53-34-39(49(74)44(34)69)59-19-29-65(5)25-10-15-55-35-40(50(75)45(35)70)60-20-30-64(4)24-9-14-54-33-38(48(73)43(33)68)58-18-28-62(2)22-7-12-52-31-36(56-16-26-61)46(71)41(31)66/h51-60H,6-30H2,1-5H3. The van der Waals surface area contributed by atoms with Crippen molar-refractivity contribution >= 4 is 56.9 Å². The second-order valence-corrected chi connectivity index (χ2v) is 19.6. The lowest BCUT2D eigenvalue weighted by atomic mass is 10.2. The minimum Gasteiger partial charge on any atom is -0.380 e. The van der Waals surface area contributed by atoms with E-state index in [2.05, 4.69) is 77.7 Å². The first kappa shape index (κ1) is 57.5. The van der Waals surface area contributed by atoms with Gasteiger partial charge in [0.25, 0.3) is 54.3 Å². The average molecular weight is 1050 g/mol. The van der Waals surface area contributed by atoms with Gasteiger partial charge in [0.05, 0.1) is 0 Å². The van der Waals surface area contributed by atoms with E-state index in [-0.39, 0.29) is 56.9 Å². The Hall–Kier alpha value is -6.80. The van der Waals surface area contributed by atoms with Gasteiger partial charge in [-0.25, -0.2) is 0 Å². The minimum atomic E-state index is -0.562. The molecule has 5 aromatic carbocycles. The van der Waals surface area contributed by atoms with Gasteiger partial charge in [0.1, 0.15) is 56.9 Å². The van der Waals surface area contributed by atoms with Gasteiger partial charge in [0.2, 0.25) is 0 Å². The fraction of sp³-hybridized carbons (Fsp3) is 0.600. The highest BCUT2D eigenvalue weighted by molar-refractivity contribution is 5.76. The lowest BCUT2D eigenvalue weighted by molar-refractivity contribution is 0.345. The van der Waals surface area contributed by atoms with E-state index in [0.29, 0.717) is 163 Å². The van der Waals surface area contributed by atoms with E-state index in [1.54, 1.807) is 0 Å². The second-order valence-electron chi connectivity index (χ2n) is 19.6. The summed E-state index contributed by atoms with van der Waals surface area (Å²) in [4.78, 5) is 134. The molecule has 75 heavy (non-hydrogen) atoms. The Bertz CT molecular complexity index is 2570. The lowest BCUT2D eigenvalue weighted by Crippen LogP contribution is -2.40. The van der Waals surface area contributed by atoms with Crippen molar-refractivity contribution in [2.24, 2.45) is 0 Å². The molecule has 0 spiro atoms. The molecule has 25 heteroatoms. The topological polar surface area (TPSA) is 307 Å². The number of hydrogen-bond acceptors (Lipinski definition) is 25. The van der Waals surface area contributed by atoms with E-state index >= 15 is 0 Å². The van der Waals surface area contributed by atoms with Crippen molar-refractivity contribution in [1.29, 1.82) is 0 Å². The number of fused-ring (bicyclic) bond motifs is 5. The smallest absolute Gasteiger partial charge is 0.253 e. The summed E-state index contributed by atoms with van der Waals surface area (Å²) in [6.07, 6.45) is 3.37. The third-order valence-electron chi connectivity index (χ3n) is 13.6. The molecule has 0 radical (unpaired) electrons. The molecule has 0 aliphatic carbocycles. The zero-order valence-electron chi connectivity index (χ0n) is 44.0. The maximum absolute atomic E-state index is 12.4. The Labute approximate surface area is 433 Å². The molecule has 1 aliphatic rings. The van der Waals surface area contributed by atoms with Gasteiger partial charge in [0, 0.05) is 98.2 Å². The molecule has 10 N–H and O–H groups in total. The van der Waals surface area contributed by atoms with Crippen molar-refractivity contribution in [3.8, 4) is 0 Å². The molecule has 5 aromatic rings. The van der Waals surface area contributed by atoms with Crippen LogP contribution in [-0.4, -0.2) is 191 Å². The molecular weight excluding hydrogens is 971 g/mol. The summed E-state index contributed by atoms with van der Waals surface area (Å²) in [6.45, 7) is 10.7. The summed E-state index contributed by atoms with van der Waals surface area (Å²) < 4.78 is 0. The van der Waals surface area contributed by atoms with Gasteiger partial charge in [-0.3, -0.25) is 47.9 Å². The molecular formula is C50H75N15O10. The summed E-state index contributed by atoms with van der Waals surface area (Å²) in [5, 5.41) is 30.9. The van der Waals surface area contributed by atoms with E-state index in [9.17, 15) is 47.9 Å². The van der Waals surface area contributed by atoms with Crippen LogP contribution in [0.1, 0.15) is 32.1 Å². The van der Waals surface area contributed by atoms with E-state index < -0.39 is 54.3 Å². The number of hydrogen-bond donors (Lipinski definition) is 10. The Morgan fingerprint density at radius 2 is 0.320 bits per heavy atom. The Kier molecular flexibility index (Phi) is 21.2. The number of nitrogens with one attached hydrogen (secondary N) is 10. The summed E-state index contributed by atoms with van der Waals surface area (Å²) in [6, 6.07) is 0. The SMILES string of the molecule is CN1CCCNc2c(c(=O)c2=O)NCCN(C)CCCNc2c(c(=O)c2=O)NCCN(C)CCCNc2c(c(=O)c2=O)NCCN(C)CCCNc2c(c(=O)c2=O)NCCN(C)CCCNc2c(c(=O)c2=O)NCC1. The van der Waals surface area contributed by atoms with E-state index in [0.717, 1.165) is 0 Å². The molecule has 0 unspecified atom stereocenters. The molecule has 410 valence electrons. The Morgan fingerprint density at radius 3 is 0.453 bits per heavy atom. The quantitative estimate of drug-likeness (QED) is 0.0701. The van der Waals surface area contributed by atoms with Crippen molar-refractivity contribution in [3.05, 3.63) is 102 Å². The van der Waals surface area contributed by atoms with Gasteiger partial charge in [-0.1, -0.05) is 0 Å². The van der Waals surface area contributed by atoms with Gasteiger partial charge in [0.15, 0.2) is 0 Å². The average Bonchev–Trinajstić information content (AvgIpc) is 3.40. The fourth-order valence-electron chi connectivity index (χ4n) is 8.87. The van der Waals surface area contributed by atoms with Crippen LogP contribution in [0.3, 0.4) is 0 Å². The molecule has 1 heterocycles. The molecule has 0 saturated heterocycles. The second kappa shape index (κ2) is 27.7. The summed E-state index contributed by atoms with van der Waals surface area (Å²) in [7, 11) is 9.63. The molecule has 0 aromatic heterocycles. The van der Waals surface area contributed by atoms with Crippen molar-refractivity contribution < 1.29 is 0 Å². The molecule has 0 saturated carbocycles. The van der Waals surface area contributed by atoms with Gasteiger partial charge in [-0.05, 0) is 100 Å². The van der Waals surface area contributed by atoms with E-state index in [1.807, 2.05) is 35.2 Å². The molecule has 0 bridgehead atoms. The largest absolute Gasteiger partial charge is 0.380 e. The van der Waals surface area contributed by atoms with Crippen LogP contribution in [0, 0.1) is 0 Å². The van der Waals surface area contributed by atoms with Gasteiger partial charge in [-0.15, -0.1) is 0 Å². The summed E-state index contributed by atoms with van der Waals surface area (Å²) in [5.41, 5.74) is -2.91. The van der Waals surface area contributed by atoms with Crippen molar-refractivity contribution in [3.63, 3.8) is 0 Å². The van der Waals surface area contributed by atoms with Crippen molar-refractivity contribution in [2.45, 2.75) is 32.1 Å². The molecule has 25 nitrogen and oxygen atoms in total. The zero-order chi connectivity index (χ0) is 54.2. The molecule has 6 rings (SSSR count). The number of likely N-dealkylation sites (N-methyl/N-ethyl adjacent to an activating group) is 5. The zero-order valence-corrected chi connectivity index (χ0v) is 44.0. The lowest BCUT2D eigenvalue weighted by Gasteiger charge is -2.21. The predicted octanol–water partition coefficient (Wildman–Crippen LogP) is -2.79. The van der Waals surface area contributed by atoms with Gasteiger partial charge < -0.3 is 77.7 Å². The fourth-order valence-corrected chi connectivity index (χ4v) is 8.87. The highest BCUT2D eigenvalue weighted by atomic mass is 16.2. The first-order valence-electron chi connectivity index (χ1n) is 26.0. The number of rotatable bonds is 0. The van der Waals surface area contributed by atoms with Crippen molar-refractivity contribution in [2.75, 3.05) is 219 Å². The predicted molar refractivity (Wildman–Crippen MR) is 302 cm³/mol. The number of nitrogens with zero attached hydrogens (tertiary/aromatic N) is 5. The van der Waals surface area contributed by atoms with Crippen LogP contribution in [0.2, 0.25) is 0 Å². The first-order chi connectivity index (χ1) is 36.0. The monoisotopic (exact) mass is 1050 g/mol. The van der Waals surface area contributed by atoms with Gasteiger partial charge in [-0.2, -0.15) is 0 Å². The third kappa shape index (κ3) is 15.0. The van der Waals surface area contributed by atoms with Crippen LogP contribution >= 0.6 is 0 Å². The highest BCUT2D eigenvalue weighted by Gasteiger charge is 2.25. The van der Waals surface area contributed by atoms with Gasteiger partial charge >= 0.3 is 0 Å². The van der Waals surface area contributed by atoms with E-state index in [4.69, 9.17) is 0 Å². The first-order valence-corrected chi connectivity index (χ1v) is 26.0. The van der Waals surface area contributed by atoms with Crippen molar-refractivity contribution in [1.82, 2.24) is 24.5 Å². The molecule has 1 aliphatic heterocycles. The Balaban J connectivity index is 0.970. The minimum absolute atomic E-state index is 0.269. The van der Waals surface area contributed by atoms with Crippen LogP contribution in [0.25, 0.3) is 0 Å². The Morgan fingerprint density at radius 1 is 0.200 bits per heavy atom. The van der Waals surface area contributed by atoms with Crippen LogP contribution in [0.4, 0.5) is 56.9 Å². The normalized spacial score (nSPS) is 19.0. The maximum atomic E-state index is 12.4. The summed E-state index contributed by atoms with van der Waals surface area (Å²) in [5.74, 6) is 0. The highest BCUT2D eigenvalue weighted by Crippen LogP contribution is 2.18. The van der Waals surface area contributed by atoms with E-state index in [1.165, 1.54) is 0 Å². The van der Waals surface area contributed by atoms with Crippen LogP contribution in [0.15, 0.2) is 47.9 Å². The van der Waals surface area contributed by atoms with Crippen LogP contribution in [-0.2, 0) is 0 Å². The molecule has 0 amide bonds. The maximum Gasteiger partial charge on any atom is 0.253 e. The third-order valence-corrected chi connectivity index (χ3v) is 13.6. The molecule has 0 atom stereocenters. The molecule has 0 fully saturated rings. The van der Waals surface area contributed by atoms with Crippen LogP contribution < -0.4 is 107 Å².